The minimum absolute atomic E-state index is 0.0368. The zero-order valence-electron chi connectivity index (χ0n) is 25.0. The first kappa shape index (κ1) is 31.4. The monoisotopic (exact) mass is 564 g/mol. The number of hydrogen-bond acceptors (Lipinski definition) is 8. The Morgan fingerprint density at radius 2 is 1.85 bits per heavy atom. The van der Waals surface area contributed by atoms with Crippen molar-refractivity contribution in [3.05, 3.63) is 17.1 Å². The van der Waals surface area contributed by atoms with E-state index in [9.17, 15) is 10.0 Å². The molecule has 1 saturated heterocycles. The van der Waals surface area contributed by atoms with E-state index in [1.54, 1.807) is 0 Å². The number of ether oxygens (including phenoxy) is 1. The highest BCUT2D eigenvalue weighted by Gasteiger charge is 2.44. The second-order valence-corrected chi connectivity index (χ2v) is 14.8. The molecule has 224 valence electrons. The Hall–Kier alpha value is -0.510. The zero-order chi connectivity index (χ0) is 28.0. The largest absolute Gasteiger partial charge is 0.379 e. The second kappa shape index (κ2) is 14.1. The van der Waals surface area contributed by atoms with Crippen LogP contribution in [0.3, 0.4) is 0 Å². The summed E-state index contributed by atoms with van der Waals surface area (Å²) in [4.78, 5) is 14.9. The highest BCUT2D eigenvalue weighted by molar-refractivity contribution is 7.80. The van der Waals surface area contributed by atoms with Gasteiger partial charge in [0.1, 0.15) is 17.8 Å². The highest BCUT2D eigenvalue weighted by atomic mass is 32.1. The molecule has 8 heteroatoms. The van der Waals surface area contributed by atoms with Crippen molar-refractivity contribution in [1.82, 2.24) is 15.5 Å². The average Bonchev–Trinajstić information content (AvgIpc) is 2.91. The Bertz CT molecular complexity index is 801. The van der Waals surface area contributed by atoms with Gasteiger partial charge in [-0.25, -0.2) is 0 Å². The van der Waals surface area contributed by atoms with Gasteiger partial charge in [0.2, 0.25) is 0 Å². The summed E-state index contributed by atoms with van der Waals surface area (Å²) >= 11 is 4.97. The van der Waals surface area contributed by atoms with Crippen molar-refractivity contribution < 1.29 is 9.84 Å². The van der Waals surface area contributed by atoms with Gasteiger partial charge >= 0.3 is 0 Å². The first-order chi connectivity index (χ1) is 18.6. The molecule has 0 aromatic rings. The van der Waals surface area contributed by atoms with E-state index in [4.69, 9.17) is 17.4 Å². The maximum atomic E-state index is 12.6. The predicted octanol–water partition coefficient (Wildman–Crippen LogP) is 5.69. The molecule has 3 fully saturated rings. The Morgan fingerprint density at radius 1 is 1.13 bits per heavy atom. The van der Waals surface area contributed by atoms with E-state index in [1.165, 1.54) is 44.9 Å². The fourth-order valence-corrected chi connectivity index (χ4v) is 8.28. The number of allylic oxidation sites excluding steroid dienone is 2. The van der Waals surface area contributed by atoms with Gasteiger partial charge in [-0.15, -0.1) is 12.6 Å². The number of hydrogen-bond donors (Lipinski definition) is 4. The van der Waals surface area contributed by atoms with E-state index in [1.807, 2.05) is 0 Å². The molecule has 0 aromatic carbocycles. The smallest absolute Gasteiger partial charge is 0.111 e. The van der Waals surface area contributed by atoms with Crippen molar-refractivity contribution >= 4 is 12.6 Å². The van der Waals surface area contributed by atoms with Crippen LogP contribution in [-0.4, -0.2) is 65.7 Å². The van der Waals surface area contributed by atoms with Gasteiger partial charge in [0.15, 0.2) is 0 Å². The van der Waals surface area contributed by atoms with Crippen LogP contribution in [0.1, 0.15) is 98.3 Å². The summed E-state index contributed by atoms with van der Waals surface area (Å²) in [5, 5.41) is 22.3. The van der Waals surface area contributed by atoms with E-state index in [-0.39, 0.29) is 34.5 Å². The van der Waals surface area contributed by atoms with E-state index in [2.05, 4.69) is 60.6 Å². The number of fused-ring (bicyclic) bond motifs is 1. The fourth-order valence-electron chi connectivity index (χ4n) is 7.86. The Labute approximate surface area is 243 Å². The fraction of sp³-hybridized carbons (Fsp3) is 0.935. The molecule has 1 aliphatic heterocycles. The Balaban J connectivity index is 1.50. The third-order valence-corrected chi connectivity index (χ3v) is 10.8. The molecule has 0 radical (unpaired) electrons. The van der Waals surface area contributed by atoms with Crippen molar-refractivity contribution in [2.45, 2.75) is 128 Å². The van der Waals surface area contributed by atoms with E-state index in [0.29, 0.717) is 25.6 Å². The molecule has 4 rings (SSSR count). The van der Waals surface area contributed by atoms with Crippen molar-refractivity contribution in [2.75, 3.05) is 26.3 Å². The molecule has 4 aliphatic rings. The van der Waals surface area contributed by atoms with E-state index in [0.717, 1.165) is 44.2 Å². The number of aliphatic hydroxyl groups is 1. The maximum Gasteiger partial charge on any atom is 0.111 e. The average molecular weight is 565 g/mol. The van der Waals surface area contributed by atoms with Crippen molar-refractivity contribution in [3.63, 3.8) is 0 Å². The first-order valence-electron chi connectivity index (χ1n) is 15.8. The molecule has 39 heavy (non-hydrogen) atoms. The number of nitrogens with one attached hydrogen (secondary N) is 2. The number of rotatable bonds is 11. The SMILES string of the molecule is CC(C)(C)NC(O)C1(C)CCC=CC1C[C@@H](N=O)[C@H](C[C@@H]1CCC2CCCCC2C1)NC(S)N1CCOCC1. The minimum Gasteiger partial charge on any atom is -0.379 e. The van der Waals surface area contributed by atoms with Gasteiger partial charge in [-0.1, -0.05) is 56.4 Å². The molecular formula is C31H56N4O3S. The van der Waals surface area contributed by atoms with Gasteiger partial charge in [0, 0.05) is 30.1 Å². The van der Waals surface area contributed by atoms with Gasteiger partial charge in [-0.05, 0) is 83.0 Å². The maximum absolute atomic E-state index is 12.6. The van der Waals surface area contributed by atoms with Crippen LogP contribution in [0.2, 0.25) is 0 Å². The number of morpholine rings is 1. The third-order valence-electron chi connectivity index (χ3n) is 10.3. The van der Waals surface area contributed by atoms with Gasteiger partial charge in [0.25, 0.3) is 0 Å². The normalized spacial score (nSPS) is 35.5. The van der Waals surface area contributed by atoms with Crippen LogP contribution in [0.25, 0.3) is 0 Å². The van der Waals surface area contributed by atoms with Gasteiger partial charge < -0.3 is 9.84 Å². The second-order valence-electron chi connectivity index (χ2n) is 14.3. The molecule has 9 atom stereocenters. The van der Waals surface area contributed by atoms with Gasteiger partial charge in [0.05, 0.1) is 13.2 Å². The van der Waals surface area contributed by atoms with Crippen LogP contribution in [0, 0.1) is 34.0 Å². The first-order valence-corrected chi connectivity index (χ1v) is 16.3. The lowest BCUT2D eigenvalue weighted by atomic mass is 9.65. The lowest BCUT2D eigenvalue weighted by molar-refractivity contribution is -0.0447. The number of thiol groups is 1. The van der Waals surface area contributed by atoms with Gasteiger partial charge in [-0.2, -0.15) is 4.91 Å². The van der Waals surface area contributed by atoms with Crippen LogP contribution >= 0.6 is 12.6 Å². The molecule has 0 spiro atoms. The molecular weight excluding hydrogens is 508 g/mol. The van der Waals surface area contributed by atoms with Crippen LogP contribution < -0.4 is 10.6 Å². The van der Waals surface area contributed by atoms with Gasteiger partial charge in [-0.3, -0.25) is 15.5 Å². The molecule has 6 unspecified atom stereocenters. The van der Waals surface area contributed by atoms with Crippen molar-refractivity contribution in [2.24, 2.45) is 34.3 Å². The standard InChI is InChI=1S/C31H56N4O3S/c1-30(2,3)33-28(36)31(4)14-8-7-11-25(31)21-27(34-37)26(32-29(39)35-15-17-38-18-16-35)20-22-12-13-23-9-5-6-10-24(23)19-22/h7,11,22-29,32-33,36,39H,5-6,8-10,12-21H2,1-4H3/t22-,23?,24?,25?,26+,27-,28?,29?,31?/m1/s1. The molecule has 0 aromatic heterocycles. The minimum atomic E-state index is -0.654. The van der Waals surface area contributed by atoms with E-state index >= 15 is 0 Å². The number of nitrogens with zero attached hydrogens (tertiary/aromatic N) is 2. The third kappa shape index (κ3) is 8.51. The molecule has 2 saturated carbocycles. The lowest BCUT2D eigenvalue weighted by Gasteiger charge is -2.46. The summed E-state index contributed by atoms with van der Waals surface area (Å²) in [6.07, 6.45) is 16.7. The molecule has 3 aliphatic carbocycles. The quantitative estimate of drug-likeness (QED) is 0.112. The summed E-state index contributed by atoms with van der Waals surface area (Å²) in [5.74, 6) is 2.46. The van der Waals surface area contributed by atoms with Crippen molar-refractivity contribution in [1.29, 1.82) is 0 Å². The summed E-state index contributed by atoms with van der Waals surface area (Å²) in [6.45, 7) is 11.5. The lowest BCUT2D eigenvalue weighted by Crippen LogP contribution is -2.56. The summed E-state index contributed by atoms with van der Waals surface area (Å²) < 4.78 is 5.57. The van der Waals surface area contributed by atoms with Crippen LogP contribution in [-0.2, 0) is 4.74 Å². The summed E-state index contributed by atoms with van der Waals surface area (Å²) in [6, 6.07) is -0.413. The molecule has 0 amide bonds. The van der Waals surface area contributed by atoms with Crippen LogP contribution in [0.15, 0.2) is 17.3 Å². The van der Waals surface area contributed by atoms with Crippen LogP contribution in [0.5, 0.6) is 0 Å². The number of nitroso groups, excluding NO2 is 1. The van der Waals surface area contributed by atoms with Crippen molar-refractivity contribution in [3.8, 4) is 0 Å². The molecule has 3 N–H and O–H groups in total. The Morgan fingerprint density at radius 3 is 2.54 bits per heavy atom. The molecule has 7 nitrogen and oxygen atoms in total. The summed E-state index contributed by atoms with van der Waals surface area (Å²) in [5.41, 5.74) is -0.688. The highest BCUT2D eigenvalue weighted by Crippen LogP contribution is 2.46. The predicted molar refractivity (Wildman–Crippen MR) is 163 cm³/mol. The Kier molecular flexibility index (Phi) is 11.4. The molecule has 0 bridgehead atoms. The topological polar surface area (TPSA) is 86.2 Å². The molecule has 1 heterocycles. The summed E-state index contributed by atoms with van der Waals surface area (Å²) in [7, 11) is 0. The van der Waals surface area contributed by atoms with E-state index < -0.39 is 6.23 Å². The van der Waals surface area contributed by atoms with Crippen LogP contribution in [0.4, 0.5) is 0 Å². The zero-order valence-corrected chi connectivity index (χ0v) is 25.9. The number of aliphatic hydroxyl groups excluding tert-OH is 1.